The zero-order valence-electron chi connectivity index (χ0n) is 8.16. The first-order chi connectivity index (χ1) is 6.33. The molecule has 3 N–H and O–H groups in total. The van der Waals surface area contributed by atoms with Crippen LogP contribution in [0, 0.1) is 5.92 Å². The van der Waals surface area contributed by atoms with Gasteiger partial charge in [0.05, 0.1) is 17.2 Å². The minimum absolute atomic E-state index is 0.209. The first-order valence-electron chi connectivity index (χ1n) is 4.67. The first-order valence-corrected chi connectivity index (χ1v) is 5.61. The molecule has 0 aliphatic heterocycles. The van der Waals surface area contributed by atoms with Gasteiger partial charge in [-0.2, -0.15) is 0 Å². The molecule has 3 nitrogen and oxygen atoms in total. The van der Waals surface area contributed by atoms with E-state index in [1.54, 1.807) is 11.3 Å². The van der Waals surface area contributed by atoms with E-state index in [1.165, 1.54) is 0 Å². The Labute approximate surface area is 83.3 Å². The fourth-order valence-corrected chi connectivity index (χ4v) is 2.19. The van der Waals surface area contributed by atoms with Crippen molar-refractivity contribution in [1.82, 2.24) is 10.4 Å². The molecule has 4 heteroatoms. The normalized spacial score (nSPS) is 13.5. The molecule has 1 unspecified atom stereocenters. The molecule has 1 heterocycles. The van der Waals surface area contributed by atoms with E-state index in [0.29, 0.717) is 5.92 Å². The van der Waals surface area contributed by atoms with Gasteiger partial charge in [-0.25, -0.2) is 4.98 Å². The molecule has 1 aromatic heterocycles. The number of aromatic nitrogens is 1. The fourth-order valence-electron chi connectivity index (χ4n) is 1.60. The van der Waals surface area contributed by atoms with Crippen LogP contribution in [0.5, 0.6) is 0 Å². The van der Waals surface area contributed by atoms with Crippen LogP contribution in [0.15, 0.2) is 10.9 Å². The van der Waals surface area contributed by atoms with Gasteiger partial charge in [0.25, 0.3) is 0 Å². The van der Waals surface area contributed by atoms with Gasteiger partial charge in [0.1, 0.15) is 0 Å². The molecule has 0 aromatic carbocycles. The zero-order valence-corrected chi connectivity index (χ0v) is 8.97. The third-order valence-corrected chi connectivity index (χ3v) is 3.07. The maximum atomic E-state index is 5.53. The number of hydrazine groups is 1. The molecule has 0 aliphatic carbocycles. The SMILES string of the molecule is CCC(CC)C(NN)c1cscn1. The zero-order chi connectivity index (χ0) is 9.68. The molecule has 0 aliphatic rings. The van der Waals surface area contributed by atoms with Crippen molar-refractivity contribution < 1.29 is 0 Å². The van der Waals surface area contributed by atoms with Crippen molar-refractivity contribution in [3.8, 4) is 0 Å². The molecule has 0 fully saturated rings. The van der Waals surface area contributed by atoms with E-state index in [0.717, 1.165) is 18.5 Å². The lowest BCUT2D eigenvalue weighted by Crippen LogP contribution is -2.33. The van der Waals surface area contributed by atoms with Crippen molar-refractivity contribution in [2.75, 3.05) is 0 Å². The van der Waals surface area contributed by atoms with Crippen LogP contribution in [0.3, 0.4) is 0 Å². The molecule has 0 bridgehead atoms. The van der Waals surface area contributed by atoms with Crippen molar-refractivity contribution in [3.05, 3.63) is 16.6 Å². The van der Waals surface area contributed by atoms with E-state index in [-0.39, 0.29) is 6.04 Å². The summed E-state index contributed by atoms with van der Waals surface area (Å²) < 4.78 is 0. The van der Waals surface area contributed by atoms with Crippen molar-refractivity contribution in [2.45, 2.75) is 32.7 Å². The average Bonchev–Trinajstić information content (AvgIpc) is 2.66. The molecule has 0 radical (unpaired) electrons. The Kier molecular flexibility index (Phi) is 4.35. The summed E-state index contributed by atoms with van der Waals surface area (Å²) in [7, 11) is 0. The summed E-state index contributed by atoms with van der Waals surface area (Å²) in [5.74, 6) is 6.11. The number of thiazole rings is 1. The Morgan fingerprint density at radius 3 is 2.62 bits per heavy atom. The molecule has 0 spiro atoms. The van der Waals surface area contributed by atoms with Gasteiger partial charge in [-0.3, -0.25) is 11.3 Å². The number of rotatable bonds is 5. The van der Waals surface area contributed by atoms with E-state index < -0.39 is 0 Å². The van der Waals surface area contributed by atoms with Gasteiger partial charge in [-0.05, 0) is 5.92 Å². The first kappa shape index (κ1) is 10.6. The Balaban J connectivity index is 2.72. The highest BCUT2D eigenvalue weighted by molar-refractivity contribution is 7.07. The second-order valence-corrected chi connectivity index (χ2v) is 3.85. The van der Waals surface area contributed by atoms with E-state index >= 15 is 0 Å². The van der Waals surface area contributed by atoms with Gasteiger partial charge in [-0.15, -0.1) is 11.3 Å². The molecule has 1 aromatic rings. The number of nitrogens with two attached hydrogens (primary N) is 1. The van der Waals surface area contributed by atoms with E-state index in [4.69, 9.17) is 5.84 Å². The van der Waals surface area contributed by atoms with Crippen molar-refractivity contribution in [2.24, 2.45) is 11.8 Å². The number of hydrogen-bond acceptors (Lipinski definition) is 4. The molecule has 1 atom stereocenters. The van der Waals surface area contributed by atoms with Gasteiger partial charge in [0, 0.05) is 5.38 Å². The lowest BCUT2D eigenvalue weighted by Gasteiger charge is -2.22. The van der Waals surface area contributed by atoms with Crippen LogP contribution in [-0.4, -0.2) is 4.98 Å². The minimum atomic E-state index is 0.209. The summed E-state index contributed by atoms with van der Waals surface area (Å²) in [6, 6.07) is 0.209. The van der Waals surface area contributed by atoms with Gasteiger partial charge < -0.3 is 0 Å². The molecule has 74 valence electrons. The largest absolute Gasteiger partial charge is 0.271 e. The molecule has 1 rings (SSSR count). The molecule has 0 saturated heterocycles. The van der Waals surface area contributed by atoms with Gasteiger partial charge in [0.2, 0.25) is 0 Å². The Bertz CT molecular complexity index is 219. The summed E-state index contributed by atoms with van der Waals surface area (Å²) in [5.41, 5.74) is 5.77. The van der Waals surface area contributed by atoms with Crippen LogP contribution in [-0.2, 0) is 0 Å². The topological polar surface area (TPSA) is 50.9 Å². The van der Waals surface area contributed by atoms with E-state index in [1.807, 2.05) is 5.51 Å². The van der Waals surface area contributed by atoms with Crippen LogP contribution in [0.2, 0.25) is 0 Å². The van der Waals surface area contributed by atoms with Crippen LogP contribution >= 0.6 is 11.3 Å². The van der Waals surface area contributed by atoms with E-state index in [9.17, 15) is 0 Å². The molecule has 0 saturated carbocycles. The fraction of sp³-hybridized carbons (Fsp3) is 0.667. The summed E-state index contributed by atoms with van der Waals surface area (Å²) in [4.78, 5) is 4.28. The van der Waals surface area contributed by atoms with Crippen LogP contribution in [0.25, 0.3) is 0 Å². The number of hydrogen-bond donors (Lipinski definition) is 2. The van der Waals surface area contributed by atoms with Crippen molar-refractivity contribution in [3.63, 3.8) is 0 Å². The summed E-state index contributed by atoms with van der Waals surface area (Å²) in [6.07, 6.45) is 2.26. The second-order valence-electron chi connectivity index (χ2n) is 3.13. The van der Waals surface area contributed by atoms with Gasteiger partial charge in [0.15, 0.2) is 0 Å². The Morgan fingerprint density at radius 1 is 1.54 bits per heavy atom. The monoisotopic (exact) mass is 199 g/mol. The second kappa shape index (κ2) is 5.32. The highest BCUT2D eigenvalue weighted by Gasteiger charge is 2.20. The highest BCUT2D eigenvalue weighted by Crippen LogP contribution is 2.25. The lowest BCUT2D eigenvalue weighted by molar-refractivity contribution is 0.340. The van der Waals surface area contributed by atoms with Gasteiger partial charge >= 0.3 is 0 Å². The number of nitrogens with one attached hydrogen (secondary N) is 1. The minimum Gasteiger partial charge on any atom is -0.271 e. The van der Waals surface area contributed by atoms with Crippen molar-refractivity contribution >= 4 is 11.3 Å². The predicted molar refractivity (Wildman–Crippen MR) is 56.3 cm³/mol. The third kappa shape index (κ3) is 2.49. The average molecular weight is 199 g/mol. The summed E-state index contributed by atoms with van der Waals surface area (Å²) >= 11 is 1.62. The third-order valence-electron chi connectivity index (χ3n) is 2.47. The van der Waals surface area contributed by atoms with Crippen LogP contribution in [0.1, 0.15) is 38.4 Å². The summed E-state index contributed by atoms with van der Waals surface area (Å²) in [5, 5.41) is 2.06. The van der Waals surface area contributed by atoms with Crippen molar-refractivity contribution in [1.29, 1.82) is 0 Å². The molecular weight excluding hydrogens is 182 g/mol. The number of nitrogens with zero attached hydrogens (tertiary/aromatic N) is 1. The Morgan fingerprint density at radius 2 is 2.23 bits per heavy atom. The van der Waals surface area contributed by atoms with Gasteiger partial charge in [-0.1, -0.05) is 26.7 Å². The molecule has 13 heavy (non-hydrogen) atoms. The Hall–Kier alpha value is -0.450. The molecule has 0 amide bonds. The maximum Gasteiger partial charge on any atom is 0.0795 e. The highest BCUT2D eigenvalue weighted by atomic mass is 32.1. The van der Waals surface area contributed by atoms with Crippen LogP contribution in [0.4, 0.5) is 0 Å². The predicted octanol–water partition coefficient (Wildman–Crippen LogP) is 2.08. The maximum absolute atomic E-state index is 5.53. The lowest BCUT2D eigenvalue weighted by atomic mass is 9.93. The standard InChI is InChI=1S/C9H17N3S/c1-3-7(4-2)9(12-10)8-5-13-6-11-8/h5-7,9,12H,3-4,10H2,1-2H3. The molecular formula is C9H17N3S. The van der Waals surface area contributed by atoms with Crippen LogP contribution < -0.4 is 11.3 Å². The quantitative estimate of drug-likeness (QED) is 0.564. The smallest absolute Gasteiger partial charge is 0.0795 e. The summed E-state index contributed by atoms with van der Waals surface area (Å²) in [6.45, 7) is 4.37. The van der Waals surface area contributed by atoms with E-state index in [2.05, 4.69) is 29.6 Å².